The van der Waals surface area contributed by atoms with Gasteiger partial charge in [-0.2, -0.15) is 0 Å². The van der Waals surface area contributed by atoms with Gasteiger partial charge in [-0.15, -0.1) is 0 Å². The van der Waals surface area contributed by atoms with Gasteiger partial charge in [-0.1, -0.05) is 0 Å². The standard InChI is InChI=1S/C9H20O5/c1-6(11)8(2,12)9(3,13)7(5-10)14-4/h6-7,10-13H,5H2,1-4H3. The van der Waals surface area contributed by atoms with Crippen molar-refractivity contribution in [3.05, 3.63) is 0 Å². The summed E-state index contributed by atoms with van der Waals surface area (Å²) in [6, 6.07) is 0. The van der Waals surface area contributed by atoms with Crippen LogP contribution in [0.1, 0.15) is 20.8 Å². The second-order valence-electron chi connectivity index (χ2n) is 3.88. The van der Waals surface area contributed by atoms with Gasteiger partial charge < -0.3 is 25.2 Å². The number of hydrogen-bond donors (Lipinski definition) is 4. The molecule has 0 amide bonds. The molecule has 4 atom stereocenters. The molecule has 0 bridgehead atoms. The van der Waals surface area contributed by atoms with Gasteiger partial charge in [0.25, 0.3) is 0 Å². The Balaban J connectivity index is 4.91. The second kappa shape index (κ2) is 4.55. The summed E-state index contributed by atoms with van der Waals surface area (Å²) in [5.74, 6) is 0. The van der Waals surface area contributed by atoms with Gasteiger partial charge in [-0.3, -0.25) is 0 Å². The van der Waals surface area contributed by atoms with Crippen LogP contribution in [0, 0.1) is 0 Å². The van der Waals surface area contributed by atoms with E-state index in [2.05, 4.69) is 0 Å². The molecule has 0 saturated carbocycles. The van der Waals surface area contributed by atoms with Crippen molar-refractivity contribution in [2.24, 2.45) is 0 Å². The zero-order valence-electron chi connectivity index (χ0n) is 9.06. The molecule has 0 rings (SSSR count). The third-order valence-corrected chi connectivity index (χ3v) is 2.92. The molecule has 4 unspecified atom stereocenters. The van der Waals surface area contributed by atoms with Crippen LogP contribution in [-0.2, 0) is 4.74 Å². The monoisotopic (exact) mass is 208 g/mol. The molecule has 0 aliphatic rings. The quantitative estimate of drug-likeness (QED) is 0.459. The third-order valence-electron chi connectivity index (χ3n) is 2.92. The van der Waals surface area contributed by atoms with Crippen molar-refractivity contribution >= 4 is 0 Å². The Bertz CT molecular complexity index is 172. The normalized spacial score (nSPS) is 24.9. The summed E-state index contributed by atoms with van der Waals surface area (Å²) in [6.45, 7) is 3.52. The topological polar surface area (TPSA) is 90.2 Å². The summed E-state index contributed by atoms with van der Waals surface area (Å²) in [6.07, 6.45) is -2.09. The van der Waals surface area contributed by atoms with E-state index in [9.17, 15) is 15.3 Å². The lowest BCUT2D eigenvalue weighted by atomic mass is 9.78. The zero-order valence-corrected chi connectivity index (χ0v) is 9.06. The first-order chi connectivity index (χ1) is 6.21. The number of aliphatic hydroxyl groups is 4. The molecule has 4 N–H and O–H groups in total. The van der Waals surface area contributed by atoms with E-state index >= 15 is 0 Å². The van der Waals surface area contributed by atoms with Gasteiger partial charge >= 0.3 is 0 Å². The lowest BCUT2D eigenvalue weighted by molar-refractivity contribution is -0.230. The summed E-state index contributed by atoms with van der Waals surface area (Å²) >= 11 is 0. The van der Waals surface area contributed by atoms with Crippen LogP contribution in [0.15, 0.2) is 0 Å². The van der Waals surface area contributed by atoms with E-state index in [-0.39, 0.29) is 0 Å². The Kier molecular flexibility index (Phi) is 4.48. The van der Waals surface area contributed by atoms with Crippen LogP contribution in [0.5, 0.6) is 0 Å². The summed E-state index contributed by atoms with van der Waals surface area (Å²) < 4.78 is 4.83. The smallest absolute Gasteiger partial charge is 0.121 e. The average Bonchev–Trinajstić information content (AvgIpc) is 2.05. The lowest BCUT2D eigenvalue weighted by Gasteiger charge is -2.44. The average molecular weight is 208 g/mol. The Labute approximate surface area is 83.9 Å². The molecule has 0 spiro atoms. The molecule has 0 aliphatic carbocycles. The second-order valence-corrected chi connectivity index (χ2v) is 3.88. The molecule has 14 heavy (non-hydrogen) atoms. The summed E-state index contributed by atoms with van der Waals surface area (Å²) in [4.78, 5) is 0. The van der Waals surface area contributed by atoms with Crippen molar-refractivity contribution in [3.8, 4) is 0 Å². The minimum atomic E-state index is -1.75. The molecule has 5 heteroatoms. The van der Waals surface area contributed by atoms with Crippen LogP contribution in [0.3, 0.4) is 0 Å². The van der Waals surface area contributed by atoms with E-state index < -0.39 is 30.0 Å². The van der Waals surface area contributed by atoms with Gasteiger partial charge in [0.1, 0.15) is 17.3 Å². The van der Waals surface area contributed by atoms with Crippen LogP contribution >= 0.6 is 0 Å². The Hall–Kier alpha value is -0.200. The third kappa shape index (κ3) is 2.24. The minimum Gasteiger partial charge on any atom is -0.394 e. The highest BCUT2D eigenvalue weighted by Crippen LogP contribution is 2.29. The highest BCUT2D eigenvalue weighted by atomic mass is 16.5. The van der Waals surface area contributed by atoms with Crippen LogP contribution in [-0.4, -0.2) is 57.6 Å². The maximum Gasteiger partial charge on any atom is 0.121 e. The molecule has 0 aromatic carbocycles. The predicted octanol–water partition coefficient (Wildman–Crippen LogP) is -1.12. The Morgan fingerprint density at radius 2 is 1.64 bits per heavy atom. The van der Waals surface area contributed by atoms with E-state index in [1.807, 2.05) is 0 Å². The van der Waals surface area contributed by atoms with Crippen molar-refractivity contribution in [1.29, 1.82) is 0 Å². The van der Waals surface area contributed by atoms with Gasteiger partial charge in [0, 0.05) is 7.11 Å². The van der Waals surface area contributed by atoms with Crippen molar-refractivity contribution in [3.63, 3.8) is 0 Å². The van der Waals surface area contributed by atoms with E-state index in [0.29, 0.717) is 0 Å². The van der Waals surface area contributed by atoms with E-state index in [1.165, 1.54) is 27.9 Å². The largest absolute Gasteiger partial charge is 0.394 e. The zero-order chi connectivity index (χ0) is 11.6. The summed E-state index contributed by atoms with van der Waals surface area (Å²) in [5, 5.41) is 38.1. The number of ether oxygens (including phenoxy) is 1. The molecule has 5 nitrogen and oxygen atoms in total. The maximum absolute atomic E-state index is 9.98. The number of rotatable bonds is 5. The van der Waals surface area contributed by atoms with E-state index in [4.69, 9.17) is 9.84 Å². The molecule has 0 radical (unpaired) electrons. The molecule has 0 heterocycles. The molecular formula is C9H20O5. The van der Waals surface area contributed by atoms with Crippen LogP contribution < -0.4 is 0 Å². The fourth-order valence-corrected chi connectivity index (χ4v) is 1.23. The minimum absolute atomic E-state index is 0.438. The van der Waals surface area contributed by atoms with Gasteiger partial charge in [0.2, 0.25) is 0 Å². The fraction of sp³-hybridized carbons (Fsp3) is 1.00. The fourth-order valence-electron chi connectivity index (χ4n) is 1.23. The summed E-state index contributed by atoms with van der Waals surface area (Å²) in [7, 11) is 1.31. The number of aliphatic hydroxyl groups excluding tert-OH is 2. The van der Waals surface area contributed by atoms with Gasteiger partial charge in [-0.25, -0.2) is 0 Å². The molecule has 86 valence electrons. The molecule has 0 fully saturated rings. The first-order valence-electron chi connectivity index (χ1n) is 4.48. The van der Waals surface area contributed by atoms with Crippen LogP contribution in [0.2, 0.25) is 0 Å². The van der Waals surface area contributed by atoms with Crippen LogP contribution in [0.4, 0.5) is 0 Å². The maximum atomic E-state index is 9.98. The first kappa shape index (κ1) is 13.8. The number of methoxy groups -OCH3 is 1. The van der Waals surface area contributed by atoms with Crippen molar-refractivity contribution in [2.75, 3.05) is 13.7 Å². The highest BCUT2D eigenvalue weighted by molar-refractivity contribution is 5.01. The van der Waals surface area contributed by atoms with Crippen molar-refractivity contribution in [1.82, 2.24) is 0 Å². The Morgan fingerprint density at radius 1 is 1.21 bits per heavy atom. The highest BCUT2D eigenvalue weighted by Gasteiger charge is 2.50. The lowest BCUT2D eigenvalue weighted by Crippen LogP contribution is -2.63. The number of hydrogen-bond acceptors (Lipinski definition) is 5. The molecule has 0 aliphatic heterocycles. The molecular weight excluding hydrogens is 188 g/mol. The molecule has 0 aromatic rings. The van der Waals surface area contributed by atoms with Gasteiger partial charge in [-0.05, 0) is 20.8 Å². The van der Waals surface area contributed by atoms with Crippen LogP contribution in [0.25, 0.3) is 0 Å². The first-order valence-corrected chi connectivity index (χ1v) is 4.48. The molecule has 0 saturated heterocycles. The van der Waals surface area contributed by atoms with Gasteiger partial charge in [0.05, 0.1) is 12.7 Å². The van der Waals surface area contributed by atoms with Gasteiger partial charge in [0.15, 0.2) is 0 Å². The van der Waals surface area contributed by atoms with Crippen molar-refractivity contribution in [2.45, 2.75) is 44.2 Å². The molecule has 0 aromatic heterocycles. The summed E-state index contributed by atoms with van der Waals surface area (Å²) in [5.41, 5.74) is -3.49. The SMILES string of the molecule is COC(CO)C(C)(O)C(C)(O)C(C)O. The Morgan fingerprint density at radius 3 is 1.86 bits per heavy atom. The van der Waals surface area contributed by atoms with E-state index in [0.717, 1.165) is 0 Å². The van der Waals surface area contributed by atoms with Crippen molar-refractivity contribution < 1.29 is 25.2 Å². The predicted molar refractivity (Wildman–Crippen MR) is 50.8 cm³/mol. The van der Waals surface area contributed by atoms with E-state index in [1.54, 1.807) is 0 Å².